The first-order chi connectivity index (χ1) is 11.8. The van der Waals surface area contributed by atoms with E-state index in [0.29, 0.717) is 0 Å². The highest BCUT2D eigenvalue weighted by Crippen LogP contribution is 2.51. The second kappa shape index (κ2) is 10.3. The lowest BCUT2D eigenvalue weighted by Crippen LogP contribution is -2.53. The van der Waals surface area contributed by atoms with Gasteiger partial charge in [-0.1, -0.05) is 13.8 Å². The van der Waals surface area contributed by atoms with Gasteiger partial charge in [0.05, 0.1) is 13.2 Å². The molecule has 26 heavy (non-hydrogen) atoms. The highest BCUT2D eigenvalue weighted by atomic mass is 31.2. The van der Waals surface area contributed by atoms with Crippen LogP contribution in [-0.4, -0.2) is 54.6 Å². The van der Waals surface area contributed by atoms with Crippen molar-refractivity contribution in [1.29, 1.82) is 0 Å². The Labute approximate surface area is 157 Å². The standard InChI is InChI=1S/C17H35N2O6P/c1-10-23-26(22,24-11-2)13(5)18-15(20)14(12(3)4)19(9)16(21)25-17(6,7)8/h12-14H,10-11H2,1-9H3,(H,18,20)/t13?,14-/m1/s1. The normalized spacial score (nSPS) is 14.7. The summed E-state index contributed by atoms with van der Waals surface area (Å²) in [7, 11) is -1.98. The van der Waals surface area contributed by atoms with Crippen molar-refractivity contribution in [3.8, 4) is 0 Å². The van der Waals surface area contributed by atoms with E-state index < -0.39 is 37.0 Å². The number of ether oxygens (including phenoxy) is 1. The summed E-state index contributed by atoms with van der Waals surface area (Å²) in [6.07, 6.45) is -0.600. The summed E-state index contributed by atoms with van der Waals surface area (Å²) in [5.41, 5.74) is -0.670. The molecule has 0 rings (SSSR count). The van der Waals surface area contributed by atoms with Gasteiger partial charge in [0.2, 0.25) is 5.91 Å². The van der Waals surface area contributed by atoms with E-state index >= 15 is 0 Å². The van der Waals surface area contributed by atoms with Gasteiger partial charge in [-0.15, -0.1) is 0 Å². The predicted octanol–water partition coefficient (Wildman–Crippen LogP) is 3.61. The van der Waals surface area contributed by atoms with E-state index in [1.807, 2.05) is 13.8 Å². The molecule has 9 heteroatoms. The van der Waals surface area contributed by atoms with Gasteiger partial charge in [-0.2, -0.15) is 0 Å². The van der Waals surface area contributed by atoms with Crippen LogP contribution in [0.1, 0.15) is 55.4 Å². The molecule has 1 N–H and O–H groups in total. The Hall–Kier alpha value is -1.11. The van der Waals surface area contributed by atoms with Gasteiger partial charge in [0.1, 0.15) is 17.4 Å². The van der Waals surface area contributed by atoms with Crippen LogP contribution in [0, 0.1) is 5.92 Å². The van der Waals surface area contributed by atoms with Crippen LogP contribution in [0.25, 0.3) is 0 Å². The highest BCUT2D eigenvalue weighted by molar-refractivity contribution is 7.54. The first kappa shape index (κ1) is 24.9. The fourth-order valence-corrected chi connectivity index (χ4v) is 3.89. The van der Waals surface area contributed by atoms with Gasteiger partial charge in [-0.3, -0.25) is 14.3 Å². The Morgan fingerprint density at radius 3 is 1.88 bits per heavy atom. The van der Waals surface area contributed by atoms with Crippen LogP contribution in [0.3, 0.4) is 0 Å². The lowest BCUT2D eigenvalue weighted by Gasteiger charge is -2.33. The van der Waals surface area contributed by atoms with Gasteiger partial charge in [-0.25, -0.2) is 4.79 Å². The maximum absolute atomic E-state index is 12.8. The number of nitrogens with one attached hydrogen (secondary N) is 1. The van der Waals surface area contributed by atoms with E-state index in [9.17, 15) is 14.2 Å². The molecule has 8 nitrogen and oxygen atoms in total. The quantitative estimate of drug-likeness (QED) is 0.601. The van der Waals surface area contributed by atoms with Gasteiger partial charge in [-0.05, 0) is 47.5 Å². The number of hydrogen-bond donors (Lipinski definition) is 1. The second-order valence-corrected chi connectivity index (χ2v) is 9.71. The molecule has 154 valence electrons. The molecule has 0 aliphatic heterocycles. The maximum atomic E-state index is 12.8. The number of rotatable bonds is 9. The molecule has 0 saturated heterocycles. The number of hydrogen-bond acceptors (Lipinski definition) is 6. The van der Waals surface area contributed by atoms with Crippen molar-refractivity contribution in [2.45, 2.75) is 72.8 Å². The Morgan fingerprint density at radius 2 is 1.54 bits per heavy atom. The van der Waals surface area contributed by atoms with E-state index in [2.05, 4.69) is 5.32 Å². The van der Waals surface area contributed by atoms with E-state index in [0.717, 1.165) is 0 Å². The fraction of sp³-hybridized carbons (Fsp3) is 0.882. The van der Waals surface area contributed by atoms with Crippen LogP contribution >= 0.6 is 7.60 Å². The summed E-state index contributed by atoms with van der Waals surface area (Å²) in [5, 5.41) is 2.67. The van der Waals surface area contributed by atoms with Crippen LogP contribution < -0.4 is 5.32 Å². The topological polar surface area (TPSA) is 94.2 Å². The molecule has 0 spiro atoms. The summed E-state index contributed by atoms with van der Waals surface area (Å²) in [4.78, 5) is 26.3. The van der Waals surface area contributed by atoms with E-state index in [-0.39, 0.29) is 19.1 Å². The average molecular weight is 394 g/mol. The van der Waals surface area contributed by atoms with Crippen molar-refractivity contribution >= 4 is 19.6 Å². The molecule has 0 radical (unpaired) electrons. The largest absolute Gasteiger partial charge is 0.444 e. The molecule has 0 aromatic rings. The number of likely N-dealkylation sites (N-methyl/N-ethyl adjacent to an activating group) is 1. The summed E-state index contributed by atoms with van der Waals surface area (Å²) in [5.74, 6) is -1.47. The summed E-state index contributed by atoms with van der Waals surface area (Å²) < 4.78 is 28.6. The first-order valence-electron chi connectivity index (χ1n) is 8.94. The minimum absolute atomic E-state index is 0.182. The van der Waals surface area contributed by atoms with Crippen LogP contribution in [0.15, 0.2) is 0 Å². The summed E-state index contributed by atoms with van der Waals surface area (Å²) in [6.45, 7) is 14.3. The van der Waals surface area contributed by atoms with Crippen molar-refractivity contribution in [2.75, 3.05) is 20.3 Å². The average Bonchev–Trinajstić information content (AvgIpc) is 2.45. The molecule has 2 amide bonds. The van der Waals surface area contributed by atoms with Gasteiger partial charge >= 0.3 is 13.7 Å². The SMILES string of the molecule is CCOP(=O)(OCC)C(C)NC(=O)[C@@H](C(C)C)N(C)C(=O)OC(C)(C)C. The molecule has 0 aliphatic rings. The van der Waals surface area contributed by atoms with E-state index in [1.54, 1.807) is 41.5 Å². The molecule has 0 saturated carbocycles. The molecule has 0 fully saturated rings. The minimum atomic E-state index is -3.49. The maximum Gasteiger partial charge on any atom is 0.410 e. The van der Waals surface area contributed by atoms with E-state index in [1.165, 1.54) is 11.9 Å². The zero-order chi connectivity index (χ0) is 20.7. The number of amides is 2. The second-order valence-electron chi connectivity index (χ2n) is 7.34. The lowest BCUT2D eigenvalue weighted by atomic mass is 10.0. The molecular formula is C17H35N2O6P. The molecule has 0 aromatic carbocycles. The Balaban J connectivity index is 5.30. The number of nitrogens with zero attached hydrogens (tertiary/aromatic N) is 1. The smallest absolute Gasteiger partial charge is 0.410 e. The molecule has 0 aliphatic carbocycles. The third-order valence-corrected chi connectivity index (χ3v) is 5.76. The third kappa shape index (κ3) is 7.64. The third-order valence-electron chi connectivity index (χ3n) is 3.44. The van der Waals surface area contributed by atoms with Crippen molar-refractivity contribution in [2.24, 2.45) is 5.92 Å². The monoisotopic (exact) mass is 394 g/mol. The Kier molecular flexibility index (Phi) is 9.84. The lowest BCUT2D eigenvalue weighted by molar-refractivity contribution is -0.127. The zero-order valence-corrected chi connectivity index (χ0v) is 18.4. The molecule has 0 aromatic heterocycles. The van der Waals surface area contributed by atoms with Crippen molar-refractivity contribution in [1.82, 2.24) is 10.2 Å². The van der Waals surface area contributed by atoms with Crippen molar-refractivity contribution in [3.63, 3.8) is 0 Å². The van der Waals surface area contributed by atoms with Crippen molar-refractivity contribution < 1.29 is 27.9 Å². The molecular weight excluding hydrogens is 359 g/mol. The highest BCUT2D eigenvalue weighted by Gasteiger charge is 2.38. The first-order valence-corrected chi connectivity index (χ1v) is 10.5. The summed E-state index contributed by atoms with van der Waals surface area (Å²) in [6, 6.07) is -0.788. The Morgan fingerprint density at radius 1 is 1.08 bits per heavy atom. The van der Waals surface area contributed by atoms with Crippen LogP contribution in [-0.2, 0) is 23.1 Å². The fourth-order valence-electron chi connectivity index (χ4n) is 2.36. The molecule has 0 heterocycles. The number of carbonyl (C=O) groups excluding carboxylic acids is 2. The molecule has 2 atom stereocenters. The number of carbonyl (C=O) groups is 2. The Bertz CT molecular complexity index is 508. The van der Waals surface area contributed by atoms with Gasteiger partial charge in [0, 0.05) is 7.05 Å². The van der Waals surface area contributed by atoms with Crippen LogP contribution in [0.4, 0.5) is 4.79 Å². The van der Waals surface area contributed by atoms with Crippen LogP contribution in [0.2, 0.25) is 0 Å². The van der Waals surface area contributed by atoms with Gasteiger partial charge in [0.15, 0.2) is 0 Å². The van der Waals surface area contributed by atoms with Gasteiger partial charge in [0.25, 0.3) is 0 Å². The zero-order valence-electron chi connectivity index (χ0n) is 17.5. The molecule has 0 bridgehead atoms. The van der Waals surface area contributed by atoms with Gasteiger partial charge < -0.3 is 19.1 Å². The molecule has 1 unspecified atom stereocenters. The minimum Gasteiger partial charge on any atom is -0.444 e. The van der Waals surface area contributed by atoms with E-state index in [4.69, 9.17) is 13.8 Å². The van der Waals surface area contributed by atoms with Crippen LogP contribution in [0.5, 0.6) is 0 Å². The van der Waals surface area contributed by atoms with Crippen molar-refractivity contribution in [3.05, 3.63) is 0 Å². The summed E-state index contributed by atoms with van der Waals surface area (Å²) >= 11 is 0. The predicted molar refractivity (Wildman–Crippen MR) is 101 cm³/mol.